The van der Waals surface area contributed by atoms with Crippen molar-refractivity contribution >= 4 is 0 Å². The fourth-order valence-corrected chi connectivity index (χ4v) is 4.12. The summed E-state index contributed by atoms with van der Waals surface area (Å²) in [7, 11) is 0. The van der Waals surface area contributed by atoms with Crippen LogP contribution in [0.2, 0.25) is 0 Å². The first-order chi connectivity index (χ1) is 13.2. The summed E-state index contributed by atoms with van der Waals surface area (Å²) < 4.78 is 0. The summed E-state index contributed by atoms with van der Waals surface area (Å²) >= 11 is 0. The summed E-state index contributed by atoms with van der Waals surface area (Å²) in [6.07, 6.45) is 5.65. The van der Waals surface area contributed by atoms with Crippen LogP contribution in [0.15, 0.2) is 24.3 Å². The van der Waals surface area contributed by atoms with E-state index in [4.69, 9.17) is 4.84 Å². The number of nitrogens with zero attached hydrogens (tertiary/aromatic N) is 1. The van der Waals surface area contributed by atoms with Crippen molar-refractivity contribution in [3.8, 4) is 0 Å². The second-order valence-corrected chi connectivity index (χ2v) is 7.83. The average Bonchev–Trinajstić information content (AvgIpc) is 3.13. The minimum atomic E-state index is 0.0425. The molecule has 2 heterocycles. The molecular formula is C21H37N5O. The van der Waals surface area contributed by atoms with Gasteiger partial charge >= 0.3 is 0 Å². The zero-order chi connectivity index (χ0) is 19.1. The predicted molar refractivity (Wildman–Crippen MR) is 110 cm³/mol. The number of hydrogen-bond acceptors (Lipinski definition) is 6. The van der Waals surface area contributed by atoms with Gasteiger partial charge < -0.3 is 0 Å². The summed E-state index contributed by atoms with van der Waals surface area (Å²) in [4.78, 5) is 8.04. The minimum absolute atomic E-state index is 0.0425. The molecule has 0 amide bonds. The van der Waals surface area contributed by atoms with Crippen molar-refractivity contribution in [3.63, 3.8) is 0 Å². The van der Waals surface area contributed by atoms with E-state index in [0.29, 0.717) is 6.17 Å². The van der Waals surface area contributed by atoms with Crippen molar-refractivity contribution in [1.82, 2.24) is 26.3 Å². The lowest BCUT2D eigenvalue weighted by Crippen LogP contribution is -2.59. The van der Waals surface area contributed by atoms with Gasteiger partial charge in [0, 0.05) is 32.2 Å². The third-order valence-corrected chi connectivity index (χ3v) is 5.60. The Kier molecular flexibility index (Phi) is 8.06. The molecule has 152 valence electrons. The Bertz CT molecular complexity index is 546. The molecule has 0 radical (unpaired) electrons. The molecule has 3 unspecified atom stereocenters. The van der Waals surface area contributed by atoms with Gasteiger partial charge in [-0.25, -0.2) is 0 Å². The molecule has 0 aliphatic carbocycles. The van der Waals surface area contributed by atoms with Gasteiger partial charge in [0.1, 0.15) is 12.4 Å². The largest absolute Gasteiger partial charge is 0.300 e. The molecule has 6 heteroatoms. The monoisotopic (exact) mass is 375 g/mol. The third-order valence-electron chi connectivity index (χ3n) is 5.60. The lowest BCUT2D eigenvalue weighted by molar-refractivity contribution is 0.0329. The first kappa shape index (κ1) is 20.7. The van der Waals surface area contributed by atoms with Crippen LogP contribution >= 0.6 is 0 Å². The maximum Gasteiger partial charge on any atom is 0.128 e. The Balaban J connectivity index is 1.47. The molecule has 0 bridgehead atoms. The highest BCUT2D eigenvalue weighted by atomic mass is 16.7. The van der Waals surface area contributed by atoms with Crippen LogP contribution < -0.4 is 21.4 Å². The normalized spacial score (nSPS) is 26.7. The molecular weight excluding hydrogens is 338 g/mol. The van der Waals surface area contributed by atoms with E-state index in [9.17, 15) is 0 Å². The maximum atomic E-state index is 5.35. The molecule has 0 aromatic heterocycles. The van der Waals surface area contributed by atoms with Crippen LogP contribution in [0.4, 0.5) is 0 Å². The van der Waals surface area contributed by atoms with Gasteiger partial charge in [-0.2, -0.15) is 5.48 Å². The lowest BCUT2D eigenvalue weighted by atomic mass is 10.0. The van der Waals surface area contributed by atoms with Crippen LogP contribution in [-0.4, -0.2) is 43.0 Å². The number of rotatable bonds is 9. The molecule has 2 aliphatic heterocycles. The van der Waals surface area contributed by atoms with Gasteiger partial charge in [0.15, 0.2) is 0 Å². The third kappa shape index (κ3) is 5.98. The average molecular weight is 376 g/mol. The first-order valence-corrected chi connectivity index (χ1v) is 10.7. The van der Waals surface area contributed by atoms with E-state index in [1.807, 2.05) is 6.92 Å². The molecule has 3 rings (SSSR count). The molecule has 0 spiro atoms. The van der Waals surface area contributed by atoms with E-state index < -0.39 is 0 Å². The fraction of sp³-hybridized carbons (Fsp3) is 0.714. The van der Waals surface area contributed by atoms with E-state index in [2.05, 4.69) is 64.4 Å². The molecule has 2 saturated heterocycles. The molecule has 0 saturated carbocycles. The molecule has 2 fully saturated rings. The Morgan fingerprint density at radius 1 is 1.19 bits per heavy atom. The Labute approximate surface area is 164 Å². The number of piperazine rings is 1. The van der Waals surface area contributed by atoms with E-state index in [1.165, 1.54) is 43.4 Å². The lowest BCUT2D eigenvalue weighted by Gasteiger charge is -2.39. The number of nitrogens with one attached hydrogen (secondary N) is 4. The smallest absolute Gasteiger partial charge is 0.128 e. The van der Waals surface area contributed by atoms with E-state index in [0.717, 1.165) is 25.7 Å². The minimum Gasteiger partial charge on any atom is -0.300 e. The van der Waals surface area contributed by atoms with Crippen LogP contribution in [0.3, 0.4) is 0 Å². The summed E-state index contributed by atoms with van der Waals surface area (Å²) in [5.74, 6) is 0. The second-order valence-electron chi connectivity index (χ2n) is 7.83. The Hall–Kier alpha value is -1.02. The zero-order valence-electron chi connectivity index (χ0n) is 17.1. The SMILES string of the molecule is CCCC(CCC)N1CCNC(NCc2ccc(C3NOC(C)N3)cc2)C1. The zero-order valence-corrected chi connectivity index (χ0v) is 17.1. The van der Waals surface area contributed by atoms with Crippen LogP contribution in [-0.2, 0) is 11.4 Å². The molecule has 1 aromatic carbocycles. The Morgan fingerprint density at radius 3 is 2.56 bits per heavy atom. The molecule has 3 atom stereocenters. The Morgan fingerprint density at radius 2 is 1.93 bits per heavy atom. The number of hydrogen-bond donors (Lipinski definition) is 4. The van der Waals surface area contributed by atoms with Crippen molar-refractivity contribution in [2.75, 3.05) is 19.6 Å². The topological polar surface area (TPSA) is 60.6 Å². The predicted octanol–water partition coefficient (Wildman–Crippen LogP) is 2.45. The first-order valence-electron chi connectivity index (χ1n) is 10.7. The van der Waals surface area contributed by atoms with E-state index in [-0.39, 0.29) is 12.4 Å². The van der Waals surface area contributed by atoms with Gasteiger partial charge in [-0.05, 0) is 30.9 Å². The maximum absolute atomic E-state index is 5.35. The van der Waals surface area contributed by atoms with Gasteiger partial charge in [-0.3, -0.25) is 25.7 Å². The molecule has 6 nitrogen and oxygen atoms in total. The molecule has 2 aliphatic rings. The van der Waals surface area contributed by atoms with Gasteiger partial charge in [0.25, 0.3) is 0 Å². The number of hydroxylamine groups is 1. The summed E-state index contributed by atoms with van der Waals surface area (Å²) in [5.41, 5.74) is 5.53. The highest BCUT2D eigenvalue weighted by Crippen LogP contribution is 2.17. The standard InChI is InChI=1S/C21H37N5O/c1-4-6-19(7-5-2)26-13-12-22-20(15-26)23-14-17-8-10-18(11-9-17)21-24-16(3)27-25-21/h8-11,16,19-25H,4-7,12-15H2,1-3H3. The summed E-state index contributed by atoms with van der Waals surface area (Å²) in [5, 5.41) is 10.7. The summed E-state index contributed by atoms with van der Waals surface area (Å²) in [6, 6.07) is 9.48. The van der Waals surface area contributed by atoms with Crippen molar-refractivity contribution in [1.29, 1.82) is 0 Å². The number of benzene rings is 1. The van der Waals surface area contributed by atoms with Crippen molar-refractivity contribution in [3.05, 3.63) is 35.4 Å². The van der Waals surface area contributed by atoms with Gasteiger partial charge in [0.05, 0.1) is 6.17 Å². The van der Waals surface area contributed by atoms with Crippen LogP contribution in [0.25, 0.3) is 0 Å². The quantitative estimate of drug-likeness (QED) is 0.532. The van der Waals surface area contributed by atoms with Crippen LogP contribution in [0, 0.1) is 0 Å². The fourth-order valence-electron chi connectivity index (χ4n) is 4.12. The molecule has 1 aromatic rings. The highest BCUT2D eigenvalue weighted by molar-refractivity contribution is 5.25. The van der Waals surface area contributed by atoms with Crippen molar-refractivity contribution in [2.24, 2.45) is 0 Å². The van der Waals surface area contributed by atoms with E-state index >= 15 is 0 Å². The van der Waals surface area contributed by atoms with Gasteiger partial charge in [-0.15, -0.1) is 0 Å². The van der Waals surface area contributed by atoms with Crippen molar-refractivity contribution in [2.45, 2.75) is 77.6 Å². The second kappa shape index (κ2) is 10.5. The van der Waals surface area contributed by atoms with Gasteiger partial charge in [0.2, 0.25) is 0 Å². The molecule has 27 heavy (non-hydrogen) atoms. The van der Waals surface area contributed by atoms with E-state index in [1.54, 1.807) is 0 Å². The highest BCUT2D eigenvalue weighted by Gasteiger charge is 2.24. The summed E-state index contributed by atoms with van der Waals surface area (Å²) in [6.45, 7) is 10.8. The molecule has 4 N–H and O–H groups in total. The van der Waals surface area contributed by atoms with Crippen LogP contribution in [0.1, 0.15) is 63.7 Å². The van der Waals surface area contributed by atoms with Crippen LogP contribution in [0.5, 0.6) is 0 Å². The van der Waals surface area contributed by atoms with Crippen molar-refractivity contribution < 1.29 is 4.84 Å². The van der Waals surface area contributed by atoms with Gasteiger partial charge in [-0.1, -0.05) is 51.0 Å².